The van der Waals surface area contributed by atoms with Crippen molar-refractivity contribution in [1.82, 2.24) is 25.1 Å². The van der Waals surface area contributed by atoms with E-state index in [1.54, 1.807) is 30.8 Å². The number of hydrogen-bond donors (Lipinski definition) is 1. The molecule has 0 aliphatic rings. The lowest BCUT2D eigenvalue weighted by molar-refractivity contribution is 0.137. The van der Waals surface area contributed by atoms with Crippen molar-refractivity contribution in [3.63, 3.8) is 0 Å². The van der Waals surface area contributed by atoms with Crippen molar-refractivity contribution in [2.75, 3.05) is 7.11 Å². The largest absolute Gasteiger partial charge is 0.372 e. The lowest BCUT2D eigenvalue weighted by Gasteiger charge is -2.16. The first-order valence-corrected chi connectivity index (χ1v) is 9.92. The van der Waals surface area contributed by atoms with E-state index in [1.165, 1.54) is 6.33 Å². The number of rotatable bonds is 5. The van der Waals surface area contributed by atoms with Gasteiger partial charge in [0, 0.05) is 47.1 Å². The number of ether oxygens (including phenoxy) is 1. The van der Waals surface area contributed by atoms with Crippen molar-refractivity contribution in [2.45, 2.75) is 6.10 Å². The fraction of sp³-hybridized carbons (Fsp3) is 0.0909. The molecular weight excluding hydrogens is 382 g/mol. The molecule has 5 aromatic rings. The molecule has 0 aliphatic heterocycles. The van der Waals surface area contributed by atoms with E-state index in [0.717, 1.165) is 43.2 Å². The molecule has 0 bridgehead atoms. The molecule has 5 rings (SSSR count). The summed E-state index contributed by atoms with van der Waals surface area (Å²) >= 11 is 1.65. The second-order valence-corrected chi connectivity index (χ2v) is 7.59. The molecule has 0 radical (unpaired) electrons. The molecule has 1 aromatic carbocycles. The van der Waals surface area contributed by atoms with Gasteiger partial charge < -0.3 is 4.74 Å². The van der Waals surface area contributed by atoms with Crippen LogP contribution in [-0.2, 0) is 4.74 Å². The number of hydrogen-bond acceptors (Lipinski definition) is 6. The average Bonchev–Trinajstić information content (AvgIpc) is 3.45. The molecule has 1 N–H and O–H groups in total. The molecule has 1 unspecified atom stereocenters. The number of fused-ring (bicyclic) bond motifs is 1. The molecule has 6 nitrogen and oxygen atoms in total. The minimum Gasteiger partial charge on any atom is -0.372 e. The van der Waals surface area contributed by atoms with Crippen molar-refractivity contribution in [2.24, 2.45) is 0 Å². The first-order valence-electron chi connectivity index (χ1n) is 9.11. The lowest BCUT2D eigenvalue weighted by atomic mass is 10.0. The zero-order chi connectivity index (χ0) is 19.6. The third-order valence-corrected chi connectivity index (χ3v) is 5.99. The highest BCUT2D eigenvalue weighted by Crippen LogP contribution is 2.42. The Kier molecular flexibility index (Phi) is 4.59. The van der Waals surface area contributed by atoms with E-state index in [2.05, 4.69) is 43.3 Å². The summed E-state index contributed by atoms with van der Waals surface area (Å²) in [6, 6.07) is 16.4. The van der Waals surface area contributed by atoms with Crippen LogP contribution in [0.5, 0.6) is 0 Å². The number of para-hydroxylation sites is 1. The molecule has 0 aliphatic carbocycles. The standard InChI is InChI=1S/C22H17N5OS/c1-28-20(16-10-15-4-2-3-5-18(15)24-12-16)17-11-19(14-6-8-23-9-7-14)29-21(17)22-25-13-26-27-22/h2-13,20H,1H3,(H,25,26,27). The molecule has 4 aromatic heterocycles. The van der Waals surface area contributed by atoms with Crippen molar-refractivity contribution in [3.05, 3.63) is 84.6 Å². The van der Waals surface area contributed by atoms with Gasteiger partial charge in [-0.1, -0.05) is 18.2 Å². The highest BCUT2D eigenvalue weighted by molar-refractivity contribution is 7.19. The number of thiophene rings is 1. The summed E-state index contributed by atoms with van der Waals surface area (Å²) in [7, 11) is 1.72. The van der Waals surface area contributed by atoms with Gasteiger partial charge in [0.05, 0.1) is 10.4 Å². The Morgan fingerprint density at radius 2 is 1.90 bits per heavy atom. The van der Waals surface area contributed by atoms with Gasteiger partial charge >= 0.3 is 0 Å². The molecule has 0 saturated heterocycles. The SMILES string of the molecule is COC(c1cnc2ccccc2c1)c1cc(-c2ccncc2)sc1-c1ncn[nH]1. The zero-order valence-corrected chi connectivity index (χ0v) is 16.4. The molecule has 1 atom stereocenters. The number of nitrogens with one attached hydrogen (secondary N) is 1. The summed E-state index contributed by atoms with van der Waals surface area (Å²) in [6.07, 6.45) is 6.71. The van der Waals surface area contributed by atoms with Gasteiger partial charge in [-0.05, 0) is 35.9 Å². The van der Waals surface area contributed by atoms with Gasteiger partial charge in [-0.3, -0.25) is 15.1 Å². The van der Waals surface area contributed by atoms with Crippen LogP contribution in [0.2, 0.25) is 0 Å². The van der Waals surface area contributed by atoms with Gasteiger partial charge in [0.1, 0.15) is 12.4 Å². The average molecular weight is 399 g/mol. The second-order valence-electron chi connectivity index (χ2n) is 6.54. The molecule has 0 fully saturated rings. The van der Waals surface area contributed by atoms with E-state index in [-0.39, 0.29) is 6.10 Å². The predicted octanol–water partition coefficient (Wildman–Crippen LogP) is 4.88. The summed E-state index contributed by atoms with van der Waals surface area (Å²) in [6.45, 7) is 0. The quantitative estimate of drug-likeness (QED) is 0.456. The van der Waals surface area contributed by atoms with Gasteiger partial charge in [-0.25, -0.2) is 4.98 Å². The molecule has 142 valence electrons. The maximum Gasteiger partial charge on any atom is 0.165 e. The molecule has 0 amide bonds. The van der Waals surface area contributed by atoms with Gasteiger partial charge in [0.25, 0.3) is 0 Å². The number of methoxy groups -OCH3 is 1. The van der Waals surface area contributed by atoms with E-state index in [1.807, 2.05) is 36.5 Å². The summed E-state index contributed by atoms with van der Waals surface area (Å²) in [4.78, 5) is 15.2. The topological polar surface area (TPSA) is 76.6 Å². The van der Waals surface area contributed by atoms with E-state index < -0.39 is 0 Å². The van der Waals surface area contributed by atoms with Crippen LogP contribution in [-0.4, -0.2) is 32.3 Å². The molecule has 0 saturated carbocycles. The van der Waals surface area contributed by atoms with Crippen LogP contribution in [0, 0.1) is 0 Å². The van der Waals surface area contributed by atoms with Crippen molar-refractivity contribution in [3.8, 4) is 21.1 Å². The number of aromatic nitrogens is 5. The van der Waals surface area contributed by atoms with E-state index in [4.69, 9.17) is 4.74 Å². The third-order valence-electron chi connectivity index (χ3n) is 4.79. The number of benzene rings is 1. The van der Waals surface area contributed by atoms with Crippen LogP contribution < -0.4 is 0 Å². The van der Waals surface area contributed by atoms with Gasteiger partial charge in [0.2, 0.25) is 0 Å². The minimum atomic E-state index is -0.279. The molecule has 7 heteroatoms. The van der Waals surface area contributed by atoms with Crippen molar-refractivity contribution >= 4 is 22.2 Å². The van der Waals surface area contributed by atoms with E-state index in [0.29, 0.717) is 0 Å². The highest BCUT2D eigenvalue weighted by Gasteiger charge is 2.24. The van der Waals surface area contributed by atoms with Crippen LogP contribution in [0.1, 0.15) is 17.2 Å². The molecule has 0 spiro atoms. The summed E-state index contributed by atoms with van der Waals surface area (Å²) in [5, 5.41) is 8.09. The summed E-state index contributed by atoms with van der Waals surface area (Å²) in [5.41, 5.74) is 4.08. The highest BCUT2D eigenvalue weighted by atomic mass is 32.1. The first-order chi connectivity index (χ1) is 14.3. The van der Waals surface area contributed by atoms with Gasteiger partial charge in [0.15, 0.2) is 5.82 Å². The van der Waals surface area contributed by atoms with Crippen LogP contribution in [0.25, 0.3) is 32.0 Å². The van der Waals surface area contributed by atoms with Crippen LogP contribution in [0.4, 0.5) is 0 Å². The summed E-state index contributed by atoms with van der Waals surface area (Å²) < 4.78 is 5.95. The van der Waals surface area contributed by atoms with Crippen molar-refractivity contribution in [1.29, 1.82) is 0 Å². The third kappa shape index (κ3) is 3.30. The molecular formula is C22H17N5OS. The Morgan fingerprint density at radius 1 is 1.03 bits per heavy atom. The van der Waals surface area contributed by atoms with Crippen LogP contribution in [0.3, 0.4) is 0 Å². The Morgan fingerprint density at radius 3 is 2.69 bits per heavy atom. The maximum atomic E-state index is 5.95. The summed E-state index contributed by atoms with van der Waals surface area (Å²) in [5.74, 6) is 0.723. The zero-order valence-electron chi connectivity index (χ0n) is 15.6. The van der Waals surface area contributed by atoms with Gasteiger partial charge in [-0.15, -0.1) is 11.3 Å². The maximum absolute atomic E-state index is 5.95. The Labute approximate surface area is 171 Å². The normalized spacial score (nSPS) is 12.3. The van der Waals surface area contributed by atoms with E-state index >= 15 is 0 Å². The predicted molar refractivity (Wildman–Crippen MR) is 114 cm³/mol. The monoisotopic (exact) mass is 399 g/mol. The Hall–Kier alpha value is -3.42. The fourth-order valence-corrected chi connectivity index (χ4v) is 4.57. The number of H-pyrrole nitrogens is 1. The van der Waals surface area contributed by atoms with Crippen LogP contribution >= 0.6 is 11.3 Å². The lowest BCUT2D eigenvalue weighted by Crippen LogP contribution is -2.04. The smallest absolute Gasteiger partial charge is 0.165 e. The van der Waals surface area contributed by atoms with Crippen LogP contribution in [0.15, 0.2) is 73.4 Å². The second kappa shape index (κ2) is 7.54. The van der Waals surface area contributed by atoms with Crippen molar-refractivity contribution < 1.29 is 4.74 Å². The van der Waals surface area contributed by atoms with Gasteiger partial charge in [-0.2, -0.15) is 5.10 Å². The Bertz CT molecular complexity index is 1250. The Balaban J connectivity index is 1.66. The number of aromatic amines is 1. The number of nitrogens with zero attached hydrogens (tertiary/aromatic N) is 4. The van der Waals surface area contributed by atoms with E-state index in [9.17, 15) is 0 Å². The molecule has 29 heavy (non-hydrogen) atoms. The molecule has 4 heterocycles. The number of pyridine rings is 2. The minimum absolute atomic E-state index is 0.279. The fourth-order valence-electron chi connectivity index (χ4n) is 3.43. The first kappa shape index (κ1) is 17.7.